The Bertz CT molecular complexity index is 1310. The lowest BCUT2D eigenvalue weighted by atomic mass is 10.0. The van der Waals surface area contributed by atoms with Gasteiger partial charge < -0.3 is 5.32 Å². The maximum absolute atomic E-state index is 12.7. The third-order valence-electron chi connectivity index (χ3n) is 4.93. The lowest BCUT2D eigenvalue weighted by Crippen LogP contribution is -2.03. The number of carbonyl (C=O) groups excluding carboxylic acids is 1. The Hall–Kier alpha value is -3.34. The van der Waals surface area contributed by atoms with E-state index in [9.17, 15) is 4.79 Å². The highest BCUT2D eigenvalue weighted by atomic mass is 35.5. The highest BCUT2D eigenvalue weighted by molar-refractivity contribution is 6.37. The first-order chi connectivity index (χ1) is 14.6. The van der Waals surface area contributed by atoms with Crippen molar-refractivity contribution in [2.75, 3.05) is 5.32 Å². The zero-order valence-electron chi connectivity index (χ0n) is 15.6. The van der Waals surface area contributed by atoms with Gasteiger partial charge in [-0.2, -0.15) is 5.10 Å². The van der Waals surface area contributed by atoms with E-state index in [0.29, 0.717) is 15.6 Å². The molecule has 0 saturated carbocycles. The molecule has 0 saturated heterocycles. The summed E-state index contributed by atoms with van der Waals surface area (Å²) in [7, 11) is 0. The minimum Gasteiger partial charge on any atom is -0.321 e. The number of benzene rings is 3. The quantitative estimate of drug-likeness (QED) is 0.384. The predicted octanol–water partition coefficient (Wildman–Crippen LogP) is 6.34. The number of para-hydroxylation sites is 1. The van der Waals surface area contributed by atoms with Gasteiger partial charge in [0.2, 0.25) is 0 Å². The van der Waals surface area contributed by atoms with Gasteiger partial charge in [0.15, 0.2) is 0 Å². The fourth-order valence-corrected chi connectivity index (χ4v) is 3.89. The van der Waals surface area contributed by atoms with E-state index in [1.807, 2.05) is 72.9 Å². The molecule has 0 aliphatic carbocycles. The monoisotopic (exact) mass is 431 g/mol. The molecule has 4 nitrogen and oxygen atoms in total. The fourth-order valence-electron chi connectivity index (χ4n) is 3.53. The smallest absolute Gasteiger partial charge is 0.256 e. The van der Waals surface area contributed by atoms with Crippen molar-refractivity contribution in [1.82, 2.24) is 9.78 Å². The number of hydrogen-bond donors (Lipinski definition) is 1. The van der Waals surface area contributed by atoms with Gasteiger partial charge in [0.05, 0.1) is 5.69 Å². The Labute approximate surface area is 183 Å². The SMILES string of the molecule is O=C1Nc2ccc(Cl)cc2/C1=C/c1cn(-c2ccccc2)nc1-c1cccc(Cl)c1. The Morgan fingerprint density at radius 2 is 1.70 bits per heavy atom. The van der Waals surface area contributed by atoms with E-state index < -0.39 is 0 Å². The van der Waals surface area contributed by atoms with Gasteiger partial charge in [-0.25, -0.2) is 4.68 Å². The van der Waals surface area contributed by atoms with Crippen LogP contribution in [0.25, 0.3) is 28.6 Å². The van der Waals surface area contributed by atoms with Crippen molar-refractivity contribution in [1.29, 1.82) is 0 Å². The average molecular weight is 432 g/mol. The van der Waals surface area contributed by atoms with Gasteiger partial charge in [-0.15, -0.1) is 0 Å². The predicted molar refractivity (Wildman–Crippen MR) is 122 cm³/mol. The summed E-state index contributed by atoms with van der Waals surface area (Å²) in [6, 6.07) is 22.7. The van der Waals surface area contributed by atoms with Crippen LogP contribution >= 0.6 is 23.2 Å². The van der Waals surface area contributed by atoms with Crippen LogP contribution in [-0.4, -0.2) is 15.7 Å². The van der Waals surface area contributed by atoms with Gasteiger partial charge in [0, 0.05) is 44.2 Å². The van der Waals surface area contributed by atoms with Gasteiger partial charge in [0.1, 0.15) is 5.69 Å². The summed E-state index contributed by atoms with van der Waals surface area (Å²) < 4.78 is 1.80. The molecule has 1 N–H and O–H groups in total. The number of nitrogens with one attached hydrogen (secondary N) is 1. The molecule has 30 heavy (non-hydrogen) atoms. The summed E-state index contributed by atoms with van der Waals surface area (Å²) in [5.74, 6) is -0.170. The van der Waals surface area contributed by atoms with Crippen molar-refractivity contribution in [3.05, 3.63) is 100 Å². The van der Waals surface area contributed by atoms with Crippen LogP contribution in [0, 0.1) is 0 Å². The molecule has 0 unspecified atom stereocenters. The first-order valence-electron chi connectivity index (χ1n) is 9.32. The molecule has 146 valence electrons. The van der Waals surface area contributed by atoms with E-state index in [2.05, 4.69) is 5.32 Å². The van der Waals surface area contributed by atoms with Gasteiger partial charge in [-0.05, 0) is 48.5 Å². The van der Waals surface area contributed by atoms with Crippen molar-refractivity contribution in [2.24, 2.45) is 0 Å². The minimum absolute atomic E-state index is 0.170. The average Bonchev–Trinajstić information content (AvgIpc) is 3.30. The molecule has 1 aromatic heterocycles. The van der Waals surface area contributed by atoms with Gasteiger partial charge in [0.25, 0.3) is 5.91 Å². The summed E-state index contributed by atoms with van der Waals surface area (Å²) in [5, 5.41) is 8.87. The van der Waals surface area contributed by atoms with E-state index >= 15 is 0 Å². The molecular weight excluding hydrogens is 417 g/mol. The van der Waals surface area contributed by atoms with Gasteiger partial charge >= 0.3 is 0 Å². The molecule has 0 spiro atoms. The standard InChI is InChI=1S/C24H15Cl2N3O/c25-17-6-4-5-15(11-17)23-16(14-29(28-23)19-7-2-1-3-8-19)12-21-20-13-18(26)9-10-22(20)27-24(21)30/h1-14H,(H,27,30)/b21-12-. The zero-order valence-corrected chi connectivity index (χ0v) is 17.2. The third-order valence-corrected chi connectivity index (χ3v) is 5.40. The number of hydrogen-bond acceptors (Lipinski definition) is 2. The van der Waals surface area contributed by atoms with E-state index in [4.69, 9.17) is 28.3 Å². The molecule has 5 rings (SSSR count). The van der Waals surface area contributed by atoms with Crippen molar-refractivity contribution in [3.63, 3.8) is 0 Å². The van der Waals surface area contributed by atoms with Crippen LogP contribution in [-0.2, 0) is 4.79 Å². The van der Waals surface area contributed by atoms with Crippen LogP contribution in [0.2, 0.25) is 10.0 Å². The van der Waals surface area contributed by atoms with Crippen molar-refractivity contribution < 1.29 is 4.79 Å². The molecule has 1 amide bonds. The highest BCUT2D eigenvalue weighted by Crippen LogP contribution is 2.36. The van der Waals surface area contributed by atoms with Crippen LogP contribution < -0.4 is 5.32 Å². The first kappa shape index (κ1) is 18.7. The number of anilines is 1. The summed E-state index contributed by atoms with van der Waals surface area (Å²) >= 11 is 12.4. The number of halogens is 2. The largest absolute Gasteiger partial charge is 0.321 e. The normalized spacial score (nSPS) is 14.1. The summed E-state index contributed by atoms with van der Waals surface area (Å²) in [4.78, 5) is 12.7. The second-order valence-electron chi connectivity index (χ2n) is 6.93. The van der Waals surface area contributed by atoms with Crippen LogP contribution in [0.1, 0.15) is 11.1 Å². The lowest BCUT2D eigenvalue weighted by molar-refractivity contribution is -0.110. The Morgan fingerprint density at radius 1 is 0.900 bits per heavy atom. The molecule has 1 aliphatic rings. The van der Waals surface area contributed by atoms with Crippen molar-refractivity contribution in [3.8, 4) is 16.9 Å². The van der Waals surface area contributed by atoms with Crippen molar-refractivity contribution in [2.45, 2.75) is 0 Å². The van der Waals surface area contributed by atoms with Gasteiger partial charge in [-0.1, -0.05) is 53.5 Å². The Kier molecular flexibility index (Phi) is 4.66. The Morgan fingerprint density at radius 3 is 2.50 bits per heavy atom. The third kappa shape index (κ3) is 3.41. The number of fused-ring (bicyclic) bond motifs is 1. The van der Waals surface area contributed by atoms with E-state index in [1.165, 1.54) is 0 Å². The molecule has 6 heteroatoms. The number of carbonyl (C=O) groups is 1. The molecule has 2 heterocycles. The molecule has 3 aromatic carbocycles. The van der Waals surface area contributed by atoms with E-state index in [1.54, 1.807) is 16.8 Å². The maximum Gasteiger partial charge on any atom is 0.256 e. The molecular formula is C24H15Cl2N3O. The molecule has 4 aromatic rings. The fraction of sp³-hybridized carbons (Fsp3) is 0. The van der Waals surface area contributed by atoms with Crippen LogP contribution in [0.5, 0.6) is 0 Å². The number of amides is 1. The molecule has 0 bridgehead atoms. The highest BCUT2D eigenvalue weighted by Gasteiger charge is 2.25. The summed E-state index contributed by atoms with van der Waals surface area (Å²) in [6.45, 7) is 0. The first-order valence-corrected chi connectivity index (χ1v) is 10.1. The second kappa shape index (κ2) is 7.48. The molecule has 1 aliphatic heterocycles. The van der Waals surface area contributed by atoms with E-state index in [-0.39, 0.29) is 5.91 Å². The maximum atomic E-state index is 12.7. The Balaban J connectivity index is 1.70. The van der Waals surface area contributed by atoms with Crippen LogP contribution in [0.15, 0.2) is 79.0 Å². The zero-order chi connectivity index (χ0) is 20.7. The molecule has 0 radical (unpaired) electrons. The van der Waals surface area contributed by atoms with Crippen molar-refractivity contribution >= 4 is 46.4 Å². The molecule has 0 atom stereocenters. The van der Waals surface area contributed by atoms with Gasteiger partial charge in [-0.3, -0.25) is 4.79 Å². The number of rotatable bonds is 3. The number of nitrogens with zero attached hydrogens (tertiary/aromatic N) is 2. The van der Waals surface area contributed by atoms with Crippen LogP contribution in [0.4, 0.5) is 5.69 Å². The summed E-state index contributed by atoms with van der Waals surface area (Å²) in [6.07, 6.45) is 3.76. The lowest BCUT2D eigenvalue weighted by Gasteiger charge is -2.02. The topological polar surface area (TPSA) is 46.9 Å². The van der Waals surface area contributed by atoms with E-state index in [0.717, 1.165) is 33.8 Å². The number of aromatic nitrogens is 2. The molecule has 0 fully saturated rings. The summed E-state index contributed by atoms with van der Waals surface area (Å²) in [5.41, 5.74) is 5.39. The minimum atomic E-state index is -0.170. The van der Waals surface area contributed by atoms with Crippen LogP contribution in [0.3, 0.4) is 0 Å². The second-order valence-corrected chi connectivity index (χ2v) is 7.80.